The third-order valence-corrected chi connectivity index (χ3v) is 2.60. The highest BCUT2D eigenvalue weighted by molar-refractivity contribution is 8.00. The molecule has 0 fully saturated rings. The number of hydrogen-bond acceptors (Lipinski definition) is 3. The first kappa shape index (κ1) is 12.6. The number of hydrogen-bond donors (Lipinski definition) is 0. The van der Waals surface area contributed by atoms with E-state index < -0.39 is 0 Å². The topological polar surface area (TPSA) is 26.3 Å². The van der Waals surface area contributed by atoms with Crippen molar-refractivity contribution in [3.63, 3.8) is 0 Å². The summed E-state index contributed by atoms with van der Waals surface area (Å²) in [5.41, 5.74) is 0.543. The van der Waals surface area contributed by atoms with Gasteiger partial charge in [-0.1, -0.05) is 27.4 Å². The highest BCUT2D eigenvalue weighted by atomic mass is 32.2. The van der Waals surface area contributed by atoms with Gasteiger partial charge in [0.15, 0.2) is 0 Å². The lowest BCUT2D eigenvalue weighted by molar-refractivity contribution is -0.138. The van der Waals surface area contributed by atoms with Gasteiger partial charge in [0.2, 0.25) is 0 Å². The quantitative estimate of drug-likeness (QED) is 0.518. The molecule has 0 unspecified atom stereocenters. The minimum absolute atomic E-state index is 0.162. The van der Waals surface area contributed by atoms with Crippen molar-refractivity contribution >= 4 is 17.7 Å². The molecule has 0 aliphatic carbocycles. The summed E-state index contributed by atoms with van der Waals surface area (Å²) in [6.45, 7) is 12.2. The first-order chi connectivity index (χ1) is 5.87. The van der Waals surface area contributed by atoms with E-state index in [9.17, 15) is 4.79 Å². The van der Waals surface area contributed by atoms with Crippen molar-refractivity contribution in [3.8, 4) is 0 Å². The van der Waals surface area contributed by atoms with E-state index in [1.54, 1.807) is 18.7 Å². The van der Waals surface area contributed by atoms with Gasteiger partial charge in [-0.15, -0.1) is 0 Å². The van der Waals surface area contributed by atoms with Gasteiger partial charge in [-0.05, 0) is 6.92 Å². The third kappa shape index (κ3) is 6.70. The van der Waals surface area contributed by atoms with Crippen molar-refractivity contribution in [1.82, 2.24) is 0 Å². The molecule has 0 amide bonds. The molecule has 76 valence electrons. The predicted molar refractivity (Wildman–Crippen MR) is 58.0 cm³/mol. The van der Waals surface area contributed by atoms with Gasteiger partial charge >= 0.3 is 5.97 Å². The number of carbonyl (C=O) groups excluding carboxylic acids is 1. The molecule has 0 aromatic heterocycles. The SMILES string of the molecule is C=C(CSC(C)(C)C)C(=O)OCC. The maximum Gasteiger partial charge on any atom is 0.334 e. The summed E-state index contributed by atoms with van der Waals surface area (Å²) in [6.07, 6.45) is 0. The largest absolute Gasteiger partial charge is 0.463 e. The summed E-state index contributed by atoms with van der Waals surface area (Å²) in [5, 5.41) is 0. The summed E-state index contributed by atoms with van der Waals surface area (Å²) < 4.78 is 4.98. The second-order valence-electron chi connectivity index (χ2n) is 3.73. The number of esters is 1. The van der Waals surface area contributed by atoms with E-state index in [1.807, 2.05) is 0 Å². The number of thioether (sulfide) groups is 1. The number of carbonyl (C=O) groups is 1. The maximum absolute atomic E-state index is 11.1. The minimum Gasteiger partial charge on any atom is -0.463 e. The Bertz CT molecular complexity index is 192. The lowest BCUT2D eigenvalue weighted by Crippen LogP contribution is -2.13. The summed E-state index contributed by atoms with van der Waals surface area (Å²) in [4.78, 5) is 11.1. The van der Waals surface area contributed by atoms with Gasteiger partial charge in [0.1, 0.15) is 0 Å². The summed E-state index contributed by atoms with van der Waals surface area (Å²) in [7, 11) is 0. The highest BCUT2D eigenvalue weighted by Gasteiger charge is 2.14. The van der Waals surface area contributed by atoms with Crippen LogP contribution in [0, 0.1) is 0 Å². The standard InChI is InChI=1S/C10H18O2S/c1-6-12-9(11)8(2)7-13-10(3,4)5/h2,6-7H2,1,3-5H3. The molecule has 0 radical (unpaired) electrons. The van der Waals surface area contributed by atoms with Crippen LogP contribution in [0.15, 0.2) is 12.2 Å². The van der Waals surface area contributed by atoms with Crippen LogP contribution in [-0.4, -0.2) is 23.1 Å². The van der Waals surface area contributed by atoms with Crippen molar-refractivity contribution in [2.24, 2.45) is 0 Å². The van der Waals surface area contributed by atoms with E-state index in [0.29, 0.717) is 17.9 Å². The van der Waals surface area contributed by atoms with E-state index in [0.717, 1.165) is 0 Å². The molecule has 0 aliphatic heterocycles. The lowest BCUT2D eigenvalue weighted by Gasteiger charge is -2.17. The van der Waals surface area contributed by atoms with Gasteiger partial charge in [0.05, 0.1) is 6.61 Å². The summed E-state index contributed by atoms with van der Waals surface area (Å²) in [6, 6.07) is 0. The molecule has 0 aromatic carbocycles. The first-order valence-electron chi connectivity index (χ1n) is 4.35. The molecule has 0 N–H and O–H groups in total. The van der Waals surface area contributed by atoms with Crippen LogP contribution in [0.1, 0.15) is 27.7 Å². The smallest absolute Gasteiger partial charge is 0.334 e. The molecule has 0 aromatic rings. The third-order valence-electron chi connectivity index (χ3n) is 1.24. The summed E-state index contributed by atoms with van der Waals surface area (Å²) >= 11 is 1.70. The van der Waals surface area contributed by atoms with Crippen LogP contribution >= 0.6 is 11.8 Å². The van der Waals surface area contributed by atoms with Crippen LogP contribution in [0.5, 0.6) is 0 Å². The molecule has 13 heavy (non-hydrogen) atoms. The zero-order chi connectivity index (χ0) is 10.5. The van der Waals surface area contributed by atoms with Crippen LogP contribution in [-0.2, 0) is 9.53 Å². The van der Waals surface area contributed by atoms with Gasteiger partial charge in [-0.2, -0.15) is 11.8 Å². The fourth-order valence-electron chi connectivity index (χ4n) is 0.596. The number of rotatable bonds is 4. The van der Waals surface area contributed by atoms with Crippen LogP contribution in [0.4, 0.5) is 0 Å². The van der Waals surface area contributed by atoms with Gasteiger partial charge < -0.3 is 4.74 Å². The van der Waals surface area contributed by atoms with E-state index >= 15 is 0 Å². The van der Waals surface area contributed by atoms with Crippen molar-refractivity contribution in [1.29, 1.82) is 0 Å². The molecule has 0 atom stereocenters. The van der Waals surface area contributed by atoms with Crippen molar-refractivity contribution in [2.45, 2.75) is 32.4 Å². The van der Waals surface area contributed by atoms with Crippen molar-refractivity contribution < 1.29 is 9.53 Å². The van der Waals surface area contributed by atoms with Gasteiger partial charge in [-0.3, -0.25) is 0 Å². The Morgan fingerprint density at radius 3 is 2.38 bits per heavy atom. The Morgan fingerprint density at radius 2 is 2.00 bits per heavy atom. The molecule has 0 bridgehead atoms. The Kier molecular flexibility index (Phi) is 5.14. The maximum atomic E-state index is 11.1. The summed E-state index contributed by atoms with van der Waals surface area (Å²) in [5.74, 6) is 0.363. The minimum atomic E-state index is -0.278. The first-order valence-corrected chi connectivity index (χ1v) is 5.34. The van der Waals surface area contributed by atoms with Crippen molar-refractivity contribution in [2.75, 3.05) is 12.4 Å². The molecule has 0 aliphatic rings. The average molecular weight is 202 g/mol. The monoisotopic (exact) mass is 202 g/mol. The normalized spacial score (nSPS) is 11.1. The average Bonchev–Trinajstić information content (AvgIpc) is 1.99. The molecular weight excluding hydrogens is 184 g/mol. The molecule has 0 saturated carbocycles. The fraction of sp³-hybridized carbons (Fsp3) is 0.700. The molecule has 0 rings (SSSR count). The van der Waals surface area contributed by atoms with E-state index in [-0.39, 0.29) is 10.7 Å². The van der Waals surface area contributed by atoms with Crippen LogP contribution in [0.25, 0.3) is 0 Å². The Labute approximate surface area is 84.7 Å². The highest BCUT2D eigenvalue weighted by Crippen LogP contribution is 2.24. The van der Waals surface area contributed by atoms with Crippen molar-refractivity contribution in [3.05, 3.63) is 12.2 Å². The van der Waals surface area contributed by atoms with Gasteiger partial charge in [-0.25, -0.2) is 4.79 Å². The van der Waals surface area contributed by atoms with Crippen LogP contribution < -0.4 is 0 Å². The molecule has 0 saturated heterocycles. The zero-order valence-corrected chi connectivity index (χ0v) is 9.66. The van der Waals surface area contributed by atoms with E-state index in [2.05, 4.69) is 27.4 Å². The molecule has 2 nitrogen and oxygen atoms in total. The Morgan fingerprint density at radius 1 is 1.46 bits per heavy atom. The van der Waals surface area contributed by atoms with E-state index in [1.165, 1.54) is 0 Å². The van der Waals surface area contributed by atoms with Crippen LogP contribution in [0.2, 0.25) is 0 Å². The fourth-order valence-corrected chi connectivity index (χ4v) is 1.32. The number of ether oxygens (including phenoxy) is 1. The molecular formula is C10H18O2S. The van der Waals surface area contributed by atoms with Gasteiger partial charge in [0.25, 0.3) is 0 Å². The van der Waals surface area contributed by atoms with Gasteiger partial charge in [0, 0.05) is 16.1 Å². The second kappa shape index (κ2) is 5.32. The predicted octanol–water partition coefficient (Wildman–Crippen LogP) is 2.64. The lowest BCUT2D eigenvalue weighted by atomic mass is 10.3. The zero-order valence-electron chi connectivity index (χ0n) is 8.85. The van der Waals surface area contributed by atoms with Crippen LogP contribution in [0.3, 0.4) is 0 Å². The Balaban J connectivity index is 3.82. The second-order valence-corrected chi connectivity index (χ2v) is 5.53. The molecule has 0 spiro atoms. The molecule has 3 heteroatoms. The van der Waals surface area contributed by atoms with E-state index in [4.69, 9.17) is 4.74 Å². The Hall–Kier alpha value is -0.440. The molecule has 0 heterocycles.